The van der Waals surface area contributed by atoms with E-state index in [1.807, 2.05) is 13.2 Å². The first-order valence-electron chi connectivity index (χ1n) is 6.16. The molecule has 1 fully saturated rings. The zero-order valence-electron chi connectivity index (χ0n) is 10.7. The summed E-state index contributed by atoms with van der Waals surface area (Å²) in [5, 5.41) is 7.55. The molecule has 2 rings (SSSR count). The summed E-state index contributed by atoms with van der Waals surface area (Å²) in [6.45, 7) is 3.20. The van der Waals surface area contributed by atoms with Crippen LogP contribution in [0.5, 0.6) is 5.75 Å². The molecular formula is C12H21N3O2. The molecule has 1 aromatic heterocycles. The van der Waals surface area contributed by atoms with E-state index in [2.05, 4.69) is 17.3 Å². The molecular weight excluding hydrogens is 218 g/mol. The third-order valence-electron chi connectivity index (χ3n) is 3.15. The molecule has 5 nitrogen and oxygen atoms in total. The summed E-state index contributed by atoms with van der Waals surface area (Å²) < 4.78 is 13.0. The molecule has 0 spiro atoms. The van der Waals surface area contributed by atoms with Gasteiger partial charge in [-0.3, -0.25) is 4.68 Å². The molecule has 3 unspecified atom stereocenters. The van der Waals surface area contributed by atoms with Crippen molar-refractivity contribution < 1.29 is 9.47 Å². The van der Waals surface area contributed by atoms with Crippen molar-refractivity contribution in [1.82, 2.24) is 15.1 Å². The Morgan fingerprint density at radius 1 is 1.59 bits per heavy atom. The van der Waals surface area contributed by atoms with E-state index >= 15 is 0 Å². The van der Waals surface area contributed by atoms with Gasteiger partial charge in [-0.25, -0.2) is 0 Å². The van der Waals surface area contributed by atoms with Gasteiger partial charge in [-0.2, -0.15) is 5.10 Å². The molecule has 0 saturated heterocycles. The second kappa shape index (κ2) is 5.51. The predicted molar refractivity (Wildman–Crippen MR) is 65.1 cm³/mol. The van der Waals surface area contributed by atoms with Crippen molar-refractivity contribution in [2.45, 2.75) is 38.0 Å². The van der Waals surface area contributed by atoms with Crippen LogP contribution in [0.2, 0.25) is 0 Å². The van der Waals surface area contributed by atoms with Gasteiger partial charge in [0.15, 0.2) is 5.75 Å². The maximum absolute atomic E-state index is 5.84. The largest absolute Gasteiger partial charge is 0.484 e. The van der Waals surface area contributed by atoms with E-state index in [0.29, 0.717) is 6.04 Å². The van der Waals surface area contributed by atoms with Crippen molar-refractivity contribution in [2.24, 2.45) is 7.05 Å². The van der Waals surface area contributed by atoms with Gasteiger partial charge >= 0.3 is 0 Å². The van der Waals surface area contributed by atoms with Gasteiger partial charge in [-0.1, -0.05) is 6.92 Å². The third kappa shape index (κ3) is 2.79. The number of aryl methyl sites for hydroxylation is 1. The van der Waals surface area contributed by atoms with Crippen molar-refractivity contribution in [3.8, 4) is 5.75 Å². The Bertz CT molecular complexity index is 353. The average Bonchev–Trinajstić information content (AvgIpc) is 2.69. The Kier molecular flexibility index (Phi) is 4.02. The monoisotopic (exact) mass is 239 g/mol. The van der Waals surface area contributed by atoms with Gasteiger partial charge in [-0.15, -0.1) is 0 Å². The van der Waals surface area contributed by atoms with Crippen LogP contribution in [-0.4, -0.2) is 41.7 Å². The standard InChI is InChI=1S/C12H21N3O2/c1-4-5-13-10-6-11(12(10)16-3)17-9-7-14-15(2)8-9/h7-8,10-13H,4-6H2,1-3H3. The molecule has 17 heavy (non-hydrogen) atoms. The van der Waals surface area contributed by atoms with E-state index in [9.17, 15) is 0 Å². The van der Waals surface area contributed by atoms with E-state index in [1.165, 1.54) is 0 Å². The van der Waals surface area contributed by atoms with Crippen LogP contribution in [-0.2, 0) is 11.8 Å². The molecule has 0 amide bonds. The van der Waals surface area contributed by atoms with Crippen LogP contribution >= 0.6 is 0 Å². The fraction of sp³-hybridized carbons (Fsp3) is 0.750. The van der Waals surface area contributed by atoms with Crippen molar-refractivity contribution in [3.05, 3.63) is 12.4 Å². The predicted octanol–water partition coefficient (Wildman–Crippen LogP) is 0.954. The Morgan fingerprint density at radius 2 is 2.41 bits per heavy atom. The van der Waals surface area contributed by atoms with Gasteiger partial charge in [0.25, 0.3) is 0 Å². The van der Waals surface area contributed by atoms with Crippen molar-refractivity contribution >= 4 is 0 Å². The van der Waals surface area contributed by atoms with Crippen LogP contribution in [0.15, 0.2) is 12.4 Å². The highest BCUT2D eigenvalue weighted by molar-refractivity contribution is 5.14. The van der Waals surface area contributed by atoms with E-state index < -0.39 is 0 Å². The Morgan fingerprint density at radius 3 is 3.00 bits per heavy atom. The zero-order valence-corrected chi connectivity index (χ0v) is 10.7. The van der Waals surface area contributed by atoms with Gasteiger partial charge in [-0.05, 0) is 13.0 Å². The number of rotatable bonds is 6. The molecule has 0 aromatic carbocycles. The number of aromatic nitrogens is 2. The van der Waals surface area contributed by atoms with Crippen LogP contribution in [0.25, 0.3) is 0 Å². The Hall–Kier alpha value is -1.07. The lowest BCUT2D eigenvalue weighted by molar-refractivity contribution is -0.0887. The summed E-state index contributed by atoms with van der Waals surface area (Å²) >= 11 is 0. The van der Waals surface area contributed by atoms with Gasteiger partial charge in [0, 0.05) is 26.6 Å². The second-order valence-electron chi connectivity index (χ2n) is 4.50. The maximum Gasteiger partial charge on any atom is 0.157 e. The normalized spacial score (nSPS) is 27.8. The number of hydrogen-bond donors (Lipinski definition) is 1. The molecule has 1 N–H and O–H groups in total. The van der Waals surface area contributed by atoms with E-state index in [4.69, 9.17) is 9.47 Å². The number of nitrogens with one attached hydrogen (secondary N) is 1. The third-order valence-corrected chi connectivity index (χ3v) is 3.15. The second-order valence-corrected chi connectivity index (χ2v) is 4.50. The van der Waals surface area contributed by atoms with Crippen LogP contribution < -0.4 is 10.1 Å². The van der Waals surface area contributed by atoms with Crippen LogP contribution in [0.4, 0.5) is 0 Å². The van der Waals surface area contributed by atoms with Crippen LogP contribution in [0, 0.1) is 0 Å². The topological polar surface area (TPSA) is 48.3 Å². The summed E-state index contributed by atoms with van der Waals surface area (Å²) in [4.78, 5) is 0. The lowest BCUT2D eigenvalue weighted by Crippen LogP contribution is -2.61. The summed E-state index contributed by atoms with van der Waals surface area (Å²) in [7, 11) is 3.62. The van der Waals surface area contributed by atoms with Gasteiger partial charge in [0.05, 0.1) is 12.4 Å². The fourth-order valence-corrected chi connectivity index (χ4v) is 2.18. The van der Waals surface area contributed by atoms with Gasteiger partial charge in [0.2, 0.25) is 0 Å². The highest BCUT2D eigenvalue weighted by atomic mass is 16.5. The Balaban J connectivity index is 1.83. The number of ether oxygens (including phenoxy) is 2. The quantitative estimate of drug-likeness (QED) is 0.803. The first-order chi connectivity index (χ1) is 8.24. The van der Waals surface area contributed by atoms with E-state index in [-0.39, 0.29) is 12.2 Å². The molecule has 1 aliphatic rings. The molecule has 1 aliphatic carbocycles. The van der Waals surface area contributed by atoms with E-state index in [1.54, 1.807) is 18.0 Å². The minimum Gasteiger partial charge on any atom is -0.484 e. The zero-order chi connectivity index (χ0) is 12.3. The highest BCUT2D eigenvalue weighted by Gasteiger charge is 2.42. The Labute approximate surface area is 102 Å². The maximum atomic E-state index is 5.84. The van der Waals surface area contributed by atoms with Crippen molar-refractivity contribution in [3.63, 3.8) is 0 Å². The summed E-state index contributed by atoms with van der Waals surface area (Å²) in [6.07, 6.45) is 6.02. The first-order valence-corrected chi connectivity index (χ1v) is 6.16. The number of hydrogen-bond acceptors (Lipinski definition) is 4. The summed E-state index contributed by atoms with van der Waals surface area (Å²) in [5.41, 5.74) is 0. The lowest BCUT2D eigenvalue weighted by Gasteiger charge is -2.43. The molecule has 0 bridgehead atoms. The molecule has 1 saturated carbocycles. The fourth-order valence-electron chi connectivity index (χ4n) is 2.18. The highest BCUT2D eigenvalue weighted by Crippen LogP contribution is 2.28. The molecule has 96 valence electrons. The average molecular weight is 239 g/mol. The summed E-state index contributed by atoms with van der Waals surface area (Å²) in [5.74, 6) is 0.813. The minimum atomic E-state index is 0.138. The number of nitrogens with zero attached hydrogens (tertiary/aromatic N) is 2. The van der Waals surface area contributed by atoms with Crippen molar-refractivity contribution in [2.75, 3.05) is 13.7 Å². The summed E-state index contributed by atoms with van der Waals surface area (Å²) in [6, 6.07) is 0.418. The molecule has 3 atom stereocenters. The minimum absolute atomic E-state index is 0.138. The van der Waals surface area contributed by atoms with Crippen molar-refractivity contribution in [1.29, 1.82) is 0 Å². The number of methoxy groups -OCH3 is 1. The van der Waals surface area contributed by atoms with Crippen LogP contribution in [0.3, 0.4) is 0 Å². The molecule has 1 heterocycles. The molecule has 1 aromatic rings. The molecule has 0 radical (unpaired) electrons. The lowest BCUT2D eigenvalue weighted by atomic mass is 9.85. The van der Waals surface area contributed by atoms with Crippen LogP contribution in [0.1, 0.15) is 19.8 Å². The van der Waals surface area contributed by atoms with Gasteiger partial charge in [0.1, 0.15) is 12.2 Å². The smallest absolute Gasteiger partial charge is 0.157 e. The first kappa shape index (κ1) is 12.4. The van der Waals surface area contributed by atoms with E-state index in [0.717, 1.165) is 25.1 Å². The van der Waals surface area contributed by atoms with Gasteiger partial charge < -0.3 is 14.8 Å². The molecule has 5 heteroatoms. The molecule has 0 aliphatic heterocycles. The SMILES string of the molecule is CCCNC1CC(Oc2cnn(C)c2)C1OC.